The molecule has 0 amide bonds. The Labute approximate surface area is 100 Å². The van der Waals surface area contributed by atoms with Crippen LogP contribution in [0, 0.1) is 5.41 Å². The van der Waals surface area contributed by atoms with Gasteiger partial charge >= 0.3 is 5.97 Å². The van der Waals surface area contributed by atoms with Crippen molar-refractivity contribution in [2.45, 2.75) is 26.8 Å². The SMILES string of the molecule is CC(C)(C)CN1CC(n2cc(C(=O)O)nn2)C1. The molecule has 0 unspecified atom stereocenters. The highest BCUT2D eigenvalue weighted by atomic mass is 16.4. The molecular formula is C11H18N4O2. The fourth-order valence-corrected chi connectivity index (χ4v) is 2.06. The summed E-state index contributed by atoms with van der Waals surface area (Å²) >= 11 is 0. The fraction of sp³-hybridized carbons (Fsp3) is 0.727. The average molecular weight is 238 g/mol. The second kappa shape index (κ2) is 4.10. The van der Waals surface area contributed by atoms with Gasteiger partial charge in [-0.3, -0.25) is 4.90 Å². The van der Waals surface area contributed by atoms with Crippen molar-refractivity contribution >= 4 is 5.97 Å². The molecule has 1 aromatic rings. The van der Waals surface area contributed by atoms with Crippen molar-refractivity contribution in [3.05, 3.63) is 11.9 Å². The smallest absolute Gasteiger partial charge is 0.358 e. The summed E-state index contributed by atoms with van der Waals surface area (Å²) in [6.07, 6.45) is 1.50. The molecule has 1 N–H and O–H groups in total. The van der Waals surface area contributed by atoms with Gasteiger partial charge in [-0.2, -0.15) is 0 Å². The maximum Gasteiger partial charge on any atom is 0.358 e. The van der Waals surface area contributed by atoms with E-state index in [1.807, 2.05) is 0 Å². The van der Waals surface area contributed by atoms with Gasteiger partial charge in [0, 0.05) is 19.6 Å². The quantitative estimate of drug-likeness (QED) is 0.846. The molecule has 0 aromatic carbocycles. The highest BCUT2D eigenvalue weighted by Gasteiger charge is 2.31. The molecule has 1 aromatic heterocycles. The lowest BCUT2D eigenvalue weighted by atomic mass is 9.93. The molecule has 2 heterocycles. The van der Waals surface area contributed by atoms with E-state index in [-0.39, 0.29) is 11.7 Å². The summed E-state index contributed by atoms with van der Waals surface area (Å²) in [5.41, 5.74) is 0.304. The molecule has 6 nitrogen and oxygen atoms in total. The van der Waals surface area contributed by atoms with Gasteiger partial charge in [-0.1, -0.05) is 26.0 Å². The fourth-order valence-electron chi connectivity index (χ4n) is 2.06. The summed E-state index contributed by atoms with van der Waals surface area (Å²) in [5, 5.41) is 16.2. The minimum atomic E-state index is -1.03. The molecular weight excluding hydrogens is 220 g/mol. The van der Waals surface area contributed by atoms with Crippen molar-refractivity contribution in [3.8, 4) is 0 Å². The number of rotatable bonds is 3. The van der Waals surface area contributed by atoms with E-state index in [0.717, 1.165) is 19.6 Å². The zero-order valence-corrected chi connectivity index (χ0v) is 10.4. The summed E-state index contributed by atoms with van der Waals surface area (Å²) in [4.78, 5) is 13.0. The van der Waals surface area contributed by atoms with Gasteiger partial charge in [-0.25, -0.2) is 9.48 Å². The van der Waals surface area contributed by atoms with Crippen LogP contribution in [-0.4, -0.2) is 50.6 Å². The van der Waals surface area contributed by atoms with E-state index in [4.69, 9.17) is 5.11 Å². The molecule has 0 bridgehead atoms. The van der Waals surface area contributed by atoms with Gasteiger partial charge in [-0.15, -0.1) is 5.10 Å². The number of carbonyl (C=O) groups is 1. The van der Waals surface area contributed by atoms with Crippen LogP contribution in [0.5, 0.6) is 0 Å². The van der Waals surface area contributed by atoms with Crippen LogP contribution < -0.4 is 0 Å². The third-order valence-electron chi connectivity index (χ3n) is 2.74. The minimum absolute atomic E-state index is 0.0132. The molecule has 0 saturated carbocycles. The second-order valence-electron chi connectivity index (χ2n) is 5.80. The number of nitrogens with zero attached hydrogens (tertiary/aromatic N) is 4. The van der Waals surface area contributed by atoms with Gasteiger partial charge < -0.3 is 5.11 Å². The van der Waals surface area contributed by atoms with Crippen LogP contribution in [0.25, 0.3) is 0 Å². The molecule has 0 aliphatic carbocycles. The van der Waals surface area contributed by atoms with Crippen LogP contribution in [0.2, 0.25) is 0 Å². The van der Waals surface area contributed by atoms with E-state index in [1.165, 1.54) is 6.20 Å². The number of aromatic carboxylic acids is 1. The number of carboxylic acids is 1. The Morgan fingerprint density at radius 1 is 1.53 bits per heavy atom. The molecule has 6 heteroatoms. The zero-order valence-electron chi connectivity index (χ0n) is 10.4. The number of hydrogen-bond donors (Lipinski definition) is 1. The Kier molecular flexibility index (Phi) is 2.91. The normalized spacial score (nSPS) is 18.1. The Morgan fingerprint density at radius 2 is 2.18 bits per heavy atom. The van der Waals surface area contributed by atoms with Crippen molar-refractivity contribution in [3.63, 3.8) is 0 Å². The average Bonchev–Trinajstić information content (AvgIpc) is 2.57. The van der Waals surface area contributed by atoms with Crippen molar-refractivity contribution in [2.24, 2.45) is 5.41 Å². The van der Waals surface area contributed by atoms with Crippen molar-refractivity contribution in [2.75, 3.05) is 19.6 Å². The molecule has 2 rings (SSSR count). The van der Waals surface area contributed by atoms with Crippen molar-refractivity contribution in [1.82, 2.24) is 19.9 Å². The third kappa shape index (κ3) is 2.82. The van der Waals surface area contributed by atoms with Crippen LogP contribution in [0.15, 0.2) is 6.20 Å². The molecule has 1 aliphatic heterocycles. The molecule has 94 valence electrons. The van der Waals surface area contributed by atoms with E-state index in [0.29, 0.717) is 5.41 Å². The van der Waals surface area contributed by atoms with Crippen molar-refractivity contribution in [1.29, 1.82) is 0 Å². The molecule has 1 fully saturated rings. The van der Waals surface area contributed by atoms with Crippen LogP contribution >= 0.6 is 0 Å². The third-order valence-corrected chi connectivity index (χ3v) is 2.74. The largest absolute Gasteiger partial charge is 0.476 e. The van der Waals surface area contributed by atoms with E-state index < -0.39 is 5.97 Å². The molecule has 1 saturated heterocycles. The van der Waals surface area contributed by atoms with Crippen LogP contribution in [0.3, 0.4) is 0 Å². The number of hydrogen-bond acceptors (Lipinski definition) is 4. The number of aromatic nitrogens is 3. The standard InChI is InChI=1S/C11H18N4O2/c1-11(2,3)7-14-4-8(5-14)15-6-9(10(16)17)12-13-15/h6,8H,4-5,7H2,1-3H3,(H,16,17). The Morgan fingerprint density at radius 3 is 2.65 bits per heavy atom. The molecule has 0 radical (unpaired) electrons. The Bertz CT molecular complexity index is 415. The lowest BCUT2D eigenvalue weighted by Gasteiger charge is -2.42. The van der Waals surface area contributed by atoms with E-state index in [9.17, 15) is 4.79 Å². The van der Waals surface area contributed by atoms with E-state index in [1.54, 1.807) is 4.68 Å². The van der Waals surface area contributed by atoms with Crippen molar-refractivity contribution < 1.29 is 9.90 Å². The van der Waals surface area contributed by atoms with Gasteiger partial charge in [0.2, 0.25) is 0 Å². The predicted molar refractivity (Wildman–Crippen MR) is 61.9 cm³/mol. The lowest BCUT2D eigenvalue weighted by molar-refractivity contribution is 0.0628. The summed E-state index contributed by atoms with van der Waals surface area (Å²) in [7, 11) is 0. The maximum absolute atomic E-state index is 10.7. The van der Waals surface area contributed by atoms with Crippen LogP contribution in [0.1, 0.15) is 37.3 Å². The van der Waals surface area contributed by atoms with E-state index >= 15 is 0 Å². The van der Waals surface area contributed by atoms with Crippen LogP contribution in [-0.2, 0) is 0 Å². The highest BCUT2D eigenvalue weighted by Crippen LogP contribution is 2.25. The minimum Gasteiger partial charge on any atom is -0.476 e. The highest BCUT2D eigenvalue weighted by molar-refractivity contribution is 5.84. The van der Waals surface area contributed by atoms with Gasteiger partial charge in [0.05, 0.1) is 12.2 Å². The maximum atomic E-state index is 10.7. The summed E-state index contributed by atoms with van der Waals surface area (Å²) in [6.45, 7) is 9.50. The summed E-state index contributed by atoms with van der Waals surface area (Å²) < 4.78 is 1.66. The Hall–Kier alpha value is -1.43. The predicted octanol–water partition coefficient (Wildman–Crippen LogP) is 0.879. The summed E-state index contributed by atoms with van der Waals surface area (Å²) in [5.74, 6) is -1.03. The first-order valence-corrected chi connectivity index (χ1v) is 5.73. The Balaban J connectivity index is 1.89. The molecule has 1 aliphatic rings. The van der Waals surface area contributed by atoms with Gasteiger partial charge in [0.25, 0.3) is 0 Å². The number of likely N-dealkylation sites (tertiary alicyclic amines) is 1. The summed E-state index contributed by atoms with van der Waals surface area (Å²) in [6, 6.07) is 0.262. The van der Waals surface area contributed by atoms with Gasteiger partial charge in [0.1, 0.15) is 0 Å². The molecule has 0 atom stereocenters. The topological polar surface area (TPSA) is 71.2 Å². The second-order valence-corrected chi connectivity index (χ2v) is 5.80. The van der Waals surface area contributed by atoms with E-state index in [2.05, 4.69) is 36.0 Å². The lowest BCUT2D eigenvalue weighted by Crippen LogP contribution is -2.50. The molecule has 0 spiro atoms. The molecule has 17 heavy (non-hydrogen) atoms. The zero-order chi connectivity index (χ0) is 12.6. The van der Waals surface area contributed by atoms with Gasteiger partial charge in [0.15, 0.2) is 5.69 Å². The first kappa shape index (κ1) is 12.0. The van der Waals surface area contributed by atoms with Crippen LogP contribution in [0.4, 0.5) is 0 Å². The monoisotopic (exact) mass is 238 g/mol. The number of carboxylic acid groups (broad SMARTS) is 1. The first-order valence-electron chi connectivity index (χ1n) is 5.73. The first-order chi connectivity index (χ1) is 7.85. The van der Waals surface area contributed by atoms with Gasteiger partial charge in [-0.05, 0) is 5.41 Å².